The first-order chi connectivity index (χ1) is 7.56. The van der Waals surface area contributed by atoms with Gasteiger partial charge >= 0.3 is 6.03 Å². The van der Waals surface area contributed by atoms with E-state index >= 15 is 0 Å². The summed E-state index contributed by atoms with van der Waals surface area (Å²) in [6, 6.07) is 5.54. The zero-order chi connectivity index (χ0) is 12.1. The van der Waals surface area contributed by atoms with Gasteiger partial charge < -0.3 is 11.5 Å². The molecule has 0 fully saturated rings. The Bertz CT molecular complexity index is 377. The highest BCUT2D eigenvalue weighted by atomic mass is 16.2. The minimum absolute atomic E-state index is 0.429. The number of urea groups is 1. The number of amides is 2. The molecule has 0 aromatic heterocycles. The van der Waals surface area contributed by atoms with Gasteiger partial charge in [0.05, 0.1) is 0 Å². The van der Waals surface area contributed by atoms with Gasteiger partial charge in [-0.3, -0.25) is 4.90 Å². The lowest BCUT2D eigenvalue weighted by Gasteiger charge is -2.22. The molecule has 0 heterocycles. The first-order valence-corrected chi connectivity index (χ1v) is 5.40. The van der Waals surface area contributed by atoms with Crippen LogP contribution in [0.3, 0.4) is 0 Å². The highest BCUT2D eigenvalue weighted by Gasteiger charge is 2.13. The van der Waals surface area contributed by atoms with E-state index in [2.05, 4.69) is 0 Å². The molecule has 0 saturated carbocycles. The normalized spacial score (nSPS) is 10.2. The molecule has 0 saturated heterocycles. The molecule has 0 aliphatic rings. The van der Waals surface area contributed by atoms with E-state index in [0.717, 1.165) is 23.2 Å². The summed E-state index contributed by atoms with van der Waals surface area (Å²) in [5.41, 5.74) is 13.8. The number of hydrogen-bond acceptors (Lipinski definition) is 2. The Morgan fingerprint density at radius 1 is 1.38 bits per heavy atom. The Labute approximate surface area is 96.2 Å². The molecule has 1 rings (SSSR count). The number of anilines is 1. The zero-order valence-electron chi connectivity index (χ0n) is 9.86. The molecule has 0 bridgehead atoms. The molecule has 0 spiro atoms. The number of benzene rings is 1. The van der Waals surface area contributed by atoms with Crippen LogP contribution in [0.2, 0.25) is 0 Å². The van der Waals surface area contributed by atoms with Gasteiger partial charge in [-0.05, 0) is 44.0 Å². The molecule has 1 aromatic carbocycles. The maximum Gasteiger partial charge on any atom is 0.319 e. The van der Waals surface area contributed by atoms with E-state index in [1.807, 2.05) is 32.0 Å². The number of carbonyl (C=O) groups is 1. The fourth-order valence-corrected chi connectivity index (χ4v) is 1.61. The van der Waals surface area contributed by atoms with Crippen LogP contribution in [0.25, 0.3) is 0 Å². The van der Waals surface area contributed by atoms with Crippen molar-refractivity contribution in [1.29, 1.82) is 0 Å². The van der Waals surface area contributed by atoms with Crippen molar-refractivity contribution in [2.45, 2.75) is 20.3 Å². The average Bonchev–Trinajstić information content (AvgIpc) is 2.23. The molecular weight excluding hydrogens is 202 g/mol. The van der Waals surface area contributed by atoms with Crippen molar-refractivity contribution in [3.05, 3.63) is 29.3 Å². The lowest BCUT2D eigenvalue weighted by Crippen LogP contribution is -2.37. The van der Waals surface area contributed by atoms with Crippen molar-refractivity contribution in [2.75, 3.05) is 18.0 Å². The van der Waals surface area contributed by atoms with E-state index in [0.29, 0.717) is 13.1 Å². The fourth-order valence-electron chi connectivity index (χ4n) is 1.61. The minimum atomic E-state index is -0.429. The maximum absolute atomic E-state index is 11.4. The van der Waals surface area contributed by atoms with Crippen LogP contribution in [0.1, 0.15) is 17.5 Å². The number of rotatable bonds is 4. The summed E-state index contributed by atoms with van der Waals surface area (Å²) in [4.78, 5) is 13.0. The topological polar surface area (TPSA) is 72.3 Å². The first kappa shape index (κ1) is 12.5. The molecule has 88 valence electrons. The van der Waals surface area contributed by atoms with Gasteiger partial charge in [-0.25, -0.2) is 4.79 Å². The van der Waals surface area contributed by atoms with Gasteiger partial charge in [-0.1, -0.05) is 12.1 Å². The van der Waals surface area contributed by atoms with Crippen LogP contribution in [0, 0.1) is 13.8 Å². The van der Waals surface area contributed by atoms with Crippen molar-refractivity contribution in [1.82, 2.24) is 0 Å². The summed E-state index contributed by atoms with van der Waals surface area (Å²) in [5.74, 6) is 0. The third-order valence-electron chi connectivity index (χ3n) is 2.51. The lowest BCUT2D eigenvalue weighted by atomic mass is 10.1. The first-order valence-electron chi connectivity index (χ1n) is 5.40. The predicted molar refractivity (Wildman–Crippen MR) is 66.5 cm³/mol. The second-order valence-corrected chi connectivity index (χ2v) is 3.92. The molecule has 0 unspecified atom stereocenters. The summed E-state index contributed by atoms with van der Waals surface area (Å²) in [6.07, 6.45) is 0.746. The fraction of sp³-hybridized carbons (Fsp3) is 0.417. The highest BCUT2D eigenvalue weighted by molar-refractivity contribution is 5.91. The van der Waals surface area contributed by atoms with Crippen LogP contribution in [-0.2, 0) is 0 Å². The van der Waals surface area contributed by atoms with Crippen molar-refractivity contribution < 1.29 is 4.79 Å². The predicted octanol–water partition coefficient (Wildman–Crippen LogP) is 1.54. The van der Waals surface area contributed by atoms with Crippen molar-refractivity contribution in [3.8, 4) is 0 Å². The molecule has 4 heteroatoms. The molecule has 0 aliphatic carbocycles. The Morgan fingerprint density at radius 2 is 2.06 bits per heavy atom. The summed E-state index contributed by atoms with van der Waals surface area (Å²) in [5, 5.41) is 0. The highest BCUT2D eigenvalue weighted by Crippen LogP contribution is 2.21. The Kier molecular flexibility index (Phi) is 4.31. The molecule has 4 N–H and O–H groups in total. The number of nitrogens with zero attached hydrogens (tertiary/aromatic N) is 1. The molecule has 0 aliphatic heterocycles. The van der Waals surface area contributed by atoms with E-state index in [4.69, 9.17) is 11.5 Å². The second kappa shape index (κ2) is 5.51. The van der Waals surface area contributed by atoms with E-state index in [-0.39, 0.29) is 0 Å². The quantitative estimate of drug-likeness (QED) is 0.809. The molecule has 2 amide bonds. The zero-order valence-corrected chi connectivity index (χ0v) is 9.86. The Hall–Kier alpha value is -1.55. The lowest BCUT2D eigenvalue weighted by molar-refractivity contribution is 0.254. The Balaban J connectivity index is 3.00. The van der Waals surface area contributed by atoms with E-state index in [9.17, 15) is 4.79 Å². The van der Waals surface area contributed by atoms with E-state index < -0.39 is 6.03 Å². The van der Waals surface area contributed by atoms with Crippen LogP contribution >= 0.6 is 0 Å². The van der Waals surface area contributed by atoms with Gasteiger partial charge in [0.2, 0.25) is 0 Å². The number of carbonyl (C=O) groups excluding carboxylic acids is 1. The average molecular weight is 221 g/mol. The van der Waals surface area contributed by atoms with Gasteiger partial charge in [0, 0.05) is 12.2 Å². The van der Waals surface area contributed by atoms with Crippen LogP contribution in [-0.4, -0.2) is 19.1 Å². The smallest absolute Gasteiger partial charge is 0.319 e. The third kappa shape index (κ3) is 2.97. The molecule has 1 aromatic rings. The van der Waals surface area contributed by atoms with Gasteiger partial charge in [-0.2, -0.15) is 0 Å². The van der Waals surface area contributed by atoms with Crippen molar-refractivity contribution in [3.63, 3.8) is 0 Å². The molecule has 4 nitrogen and oxygen atoms in total. The minimum Gasteiger partial charge on any atom is -0.351 e. The van der Waals surface area contributed by atoms with Gasteiger partial charge in [0.15, 0.2) is 0 Å². The summed E-state index contributed by atoms with van der Waals surface area (Å²) in [7, 11) is 0. The SMILES string of the molecule is Cc1ccc(C)c(N(CCCN)C(N)=O)c1. The van der Waals surface area contributed by atoms with Crippen LogP contribution in [0.4, 0.5) is 10.5 Å². The summed E-state index contributed by atoms with van der Waals surface area (Å²) >= 11 is 0. The monoisotopic (exact) mass is 221 g/mol. The van der Waals surface area contributed by atoms with Crippen molar-refractivity contribution in [2.24, 2.45) is 11.5 Å². The third-order valence-corrected chi connectivity index (χ3v) is 2.51. The van der Waals surface area contributed by atoms with Crippen molar-refractivity contribution >= 4 is 11.7 Å². The number of aryl methyl sites for hydroxylation is 2. The van der Waals surface area contributed by atoms with Crippen LogP contribution in [0.15, 0.2) is 18.2 Å². The number of nitrogens with two attached hydrogens (primary N) is 2. The largest absolute Gasteiger partial charge is 0.351 e. The molecule has 16 heavy (non-hydrogen) atoms. The Morgan fingerprint density at radius 3 is 2.62 bits per heavy atom. The summed E-state index contributed by atoms with van der Waals surface area (Å²) in [6.45, 7) is 5.07. The molecule has 0 atom stereocenters. The van der Waals surface area contributed by atoms with Gasteiger partial charge in [-0.15, -0.1) is 0 Å². The number of hydrogen-bond donors (Lipinski definition) is 2. The van der Waals surface area contributed by atoms with Gasteiger partial charge in [0.1, 0.15) is 0 Å². The number of primary amides is 1. The van der Waals surface area contributed by atoms with Gasteiger partial charge in [0.25, 0.3) is 0 Å². The van der Waals surface area contributed by atoms with Crippen LogP contribution < -0.4 is 16.4 Å². The molecule has 0 radical (unpaired) electrons. The second-order valence-electron chi connectivity index (χ2n) is 3.92. The van der Waals surface area contributed by atoms with E-state index in [1.54, 1.807) is 4.90 Å². The summed E-state index contributed by atoms with van der Waals surface area (Å²) < 4.78 is 0. The van der Waals surface area contributed by atoms with Crippen LogP contribution in [0.5, 0.6) is 0 Å². The standard InChI is InChI=1S/C12H19N3O/c1-9-4-5-10(2)11(8-9)15(12(14)16)7-3-6-13/h4-5,8H,3,6-7,13H2,1-2H3,(H2,14,16). The molecular formula is C12H19N3O. The maximum atomic E-state index is 11.4. The van der Waals surface area contributed by atoms with E-state index in [1.165, 1.54) is 0 Å².